The fourth-order valence-corrected chi connectivity index (χ4v) is 2.99. The maximum atomic E-state index is 11.6. The van der Waals surface area contributed by atoms with E-state index in [0.29, 0.717) is 36.2 Å². The lowest BCUT2D eigenvalue weighted by atomic mass is 10.2. The van der Waals surface area contributed by atoms with E-state index in [1.54, 1.807) is 12.3 Å². The zero-order valence-corrected chi connectivity index (χ0v) is 17.8. The van der Waals surface area contributed by atoms with Gasteiger partial charge in [-0.05, 0) is 42.8 Å². The van der Waals surface area contributed by atoms with Gasteiger partial charge in [-0.25, -0.2) is 9.78 Å². The summed E-state index contributed by atoms with van der Waals surface area (Å²) in [4.78, 5) is 20.1. The van der Waals surface area contributed by atoms with E-state index in [1.807, 2.05) is 61.5 Å². The second kappa shape index (κ2) is 9.78. The molecule has 0 N–H and O–H groups in total. The number of hydrogen-bond acceptors (Lipinski definition) is 7. The van der Waals surface area contributed by atoms with Crippen molar-refractivity contribution in [3.63, 3.8) is 0 Å². The summed E-state index contributed by atoms with van der Waals surface area (Å²) in [6.45, 7) is 2.52. The molecule has 2 aromatic carbocycles. The summed E-state index contributed by atoms with van der Waals surface area (Å²) in [6.07, 6.45) is 2.98. The molecule has 0 fully saturated rings. The van der Waals surface area contributed by atoms with Gasteiger partial charge in [0.25, 0.3) is 0 Å². The first-order valence-electron chi connectivity index (χ1n) is 10.0. The summed E-state index contributed by atoms with van der Waals surface area (Å²) in [5.41, 5.74) is 2.98. The van der Waals surface area contributed by atoms with Crippen LogP contribution in [0.1, 0.15) is 27.4 Å². The summed E-state index contributed by atoms with van der Waals surface area (Å²) in [5, 5.41) is 0. The quantitative estimate of drug-likeness (QED) is 0.364. The van der Waals surface area contributed by atoms with Crippen molar-refractivity contribution >= 4 is 5.97 Å². The summed E-state index contributed by atoms with van der Waals surface area (Å²) in [5.74, 6) is 2.06. The molecule has 0 aliphatic carbocycles. The Labute approximate surface area is 185 Å². The number of nitrogens with zero attached hydrogens (tertiary/aromatic N) is 2. The highest BCUT2D eigenvalue weighted by molar-refractivity contribution is 5.89. The number of hydrogen-bond donors (Lipinski definition) is 0. The molecule has 0 radical (unpaired) electrons. The van der Waals surface area contributed by atoms with Gasteiger partial charge in [0.15, 0.2) is 0 Å². The Bertz CT molecular complexity index is 1190. The minimum Gasteiger partial charge on any atom is -0.487 e. The number of rotatable bonds is 8. The third-order valence-corrected chi connectivity index (χ3v) is 4.75. The van der Waals surface area contributed by atoms with Crippen LogP contribution in [0.2, 0.25) is 0 Å². The number of benzene rings is 2. The topological polar surface area (TPSA) is 83.7 Å². The third kappa shape index (κ3) is 5.13. The number of carbonyl (C=O) groups is 1. The molecule has 2 heterocycles. The van der Waals surface area contributed by atoms with Gasteiger partial charge < -0.3 is 18.6 Å². The van der Waals surface area contributed by atoms with Crippen molar-refractivity contribution in [1.29, 1.82) is 0 Å². The minimum atomic E-state index is -0.456. The molecule has 0 saturated carbocycles. The molecule has 7 heteroatoms. The largest absolute Gasteiger partial charge is 0.487 e. The summed E-state index contributed by atoms with van der Waals surface area (Å²) < 4.78 is 22.1. The molecule has 0 unspecified atom stereocenters. The Kier molecular flexibility index (Phi) is 6.46. The molecule has 4 rings (SSSR count). The van der Waals surface area contributed by atoms with Gasteiger partial charge in [-0.2, -0.15) is 0 Å². The second-order valence-corrected chi connectivity index (χ2v) is 7.01. The van der Waals surface area contributed by atoms with E-state index >= 15 is 0 Å². The molecule has 32 heavy (non-hydrogen) atoms. The van der Waals surface area contributed by atoms with Crippen molar-refractivity contribution in [2.24, 2.45) is 0 Å². The normalized spacial score (nSPS) is 10.6. The second-order valence-electron chi connectivity index (χ2n) is 7.01. The van der Waals surface area contributed by atoms with Crippen LogP contribution in [0.4, 0.5) is 0 Å². The molecule has 7 nitrogen and oxygen atoms in total. The SMILES string of the molecule is COC(=O)c1cncc(OCc2ccc(OCc3nc(-c4ccccc4)oc3C)cc2)c1. The maximum Gasteiger partial charge on any atom is 0.339 e. The van der Waals surface area contributed by atoms with Crippen molar-refractivity contribution in [3.05, 3.63) is 95.6 Å². The Balaban J connectivity index is 1.33. The predicted molar refractivity (Wildman–Crippen MR) is 117 cm³/mol. The van der Waals surface area contributed by atoms with Crippen LogP contribution in [0.3, 0.4) is 0 Å². The van der Waals surface area contributed by atoms with E-state index in [0.717, 1.165) is 22.6 Å². The number of carbonyl (C=O) groups excluding carboxylic acids is 1. The van der Waals surface area contributed by atoms with Crippen molar-refractivity contribution in [1.82, 2.24) is 9.97 Å². The smallest absolute Gasteiger partial charge is 0.339 e. The lowest BCUT2D eigenvalue weighted by molar-refractivity contribution is 0.0599. The number of esters is 1. The number of ether oxygens (including phenoxy) is 3. The van der Waals surface area contributed by atoms with Crippen LogP contribution in [0.5, 0.6) is 11.5 Å². The zero-order chi connectivity index (χ0) is 22.3. The van der Waals surface area contributed by atoms with Crippen LogP contribution in [0.25, 0.3) is 11.5 Å². The van der Waals surface area contributed by atoms with Gasteiger partial charge in [0.1, 0.15) is 36.2 Å². The van der Waals surface area contributed by atoms with Crippen LogP contribution in [0.15, 0.2) is 77.5 Å². The van der Waals surface area contributed by atoms with Crippen LogP contribution in [-0.2, 0) is 18.0 Å². The van der Waals surface area contributed by atoms with Crippen molar-refractivity contribution in [2.75, 3.05) is 7.11 Å². The van der Waals surface area contributed by atoms with Crippen molar-refractivity contribution in [3.8, 4) is 23.0 Å². The lowest BCUT2D eigenvalue weighted by Crippen LogP contribution is -2.03. The number of aryl methyl sites for hydroxylation is 1. The number of pyridine rings is 1. The molecular formula is C25H22N2O5. The Morgan fingerprint density at radius 2 is 1.69 bits per heavy atom. The van der Waals surface area contributed by atoms with Crippen LogP contribution < -0.4 is 9.47 Å². The van der Waals surface area contributed by atoms with Crippen molar-refractivity contribution in [2.45, 2.75) is 20.1 Å². The predicted octanol–water partition coefficient (Wildman–Crippen LogP) is 4.99. The highest BCUT2D eigenvalue weighted by Crippen LogP contribution is 2.23. The molecule has 0 bridgehead atoms. The van der Waals surface area contributed by atoms with E-state index < -0.39 is 5.97 Å². The average molecular weight is 430 g/mol. The van der Waals surface area contributed by atoms with Gasteiger partial charge in [-0.15, -0.1) is 0 Å². The van der Waals surface area contributed by atoms with Gasteiger partial charge >= 0.3 is 5.97 Å². The van der Waals surface area contributed by atoms with Gasteiger partial charge in [0.05, 0.1) is 18.9 Å². The zero-order valence-electron chi connectivity index (χ0n) is 17.8. The van der Waals surface area contributed by atoms with E-state index in [-0.39, 0.29) is 0 Å². The monoisotopic (exact) mass is 430 g/mol. The van der Waals surface area contributed by atoms with Gasteiger partial charge in [0.2, 0.25) is 5.89 Å². The molecule has 2 aromatic heterocycles. The molecule has 0 aliphatic rings. The van der Waals surface area contributed by atoms with Crippen LogP contribution >= 0.6 is 0 Å². The highest BCUT2D eigenvalue weighted by Gasteiger charge is 2.12. The molecular weight excluding hydrogens is 408 g/mol. The summed E-state index contributed by atoms with van der Waals surface area (Å²) in [6, 6.07) is 18.9. The molecule has 0 atom stereocenters. The van der Waals surface area contributed by atoms with Gasteiger partial charge in [0, 0.05) is 11.8 Å². The lowest BCUT2D eigenvalue weighted by Gasteiger charge is -2.08. The van der Waals surface area contributed by atoms with Crippen LogP contribution in [-0.4, -0.2) is 23.0 Å². The number of oxazole rings is 1. The molecule has 0 amide bonds. The summed E-state index contributed by atoms with van der Waals surface area (Å²) in [7, 11) is 1.33. The van der Waals surface area contributed by atoms with Crippen molar-refractivity contribution < 1.29 is 23.4 Å². The van der Waals surface area contributed by atoms with Crippen LogP contribution in [0, 0.1) is 6.92 Å². The first-order chi connectivity index (χ1) is 15.6. The average Bonchev–Trinajstić information content (AvgIpc) is 3.22. The van der Waals surface area contributed by atoms with E-state index in [1.165, 1.54) is 13.3 Å². The summed E-state index contributed by atoms with van der Waals surface area (Å²) >= 11 is 0. The molecule has 0 saturated heterocycles. The first-order valence-corrected chi connectivity index (χ1v) is 10.0. The molecule has 4 aromatic rings. The molecule has 0 spiro atoms. The first kappa shape index (κ1) is 21.1. The number of aromatic nitrogens is 2. The Morgan fingerprint density at radius 3 is 2.44 bits per heavy atom. The fraction of sp³-hybridized carbons (Fsp3) is 0.160. The fourth-order valence-electron chi connectivity index (χ4n) is 2.99. The highest BCUT2D eigenvalue weighted by atomic mass is 16.5. The maximum absolute atomic E-state index is 11.6. The Morgan fingerprint density at radius 1 is 0.938 bits per heavy atom. The van der Waals surface area contributed by atoms with Gasteiger partial charge in [-0.3, -0.25) is 4.98 Å². The Hall–Kier alpha value is -4.13. The molecule has 0 aliphatic heterocycles. The van der Waals surface area contributed by atoms with Gasteiger partial charge in [-0.1, -0.05) is 30.3 Å². The van der Waals surface area contributed by atoms with E-state index in [2.05, 4.69) is 9.97 Å². The van der Waals surface area contributed by atoms with E-state index in [4.69, 9.17) is 18.6 Å². The third-order valence-electron chi connectivity index (χ3n) is 4.75. The minimum absolute atomic E-state index is 0.310. The van der Waals surface area contributed by atoms with E-state index in [9.17, 15) is 4.79 Å². The number of methoxy groups -OCH3 is 1. The standard InChI is InChI=1S/C25H22N2O5/c1-17-23(27-24(32-17)19-6-4-3-5-7-19)16-31-21-10-8-18(9-11-21)15-30-22-12-20(13-26-14-22)25(28)29-2/h3-14H,15-16H2,1-2H3. The molecule has 162 valence electrons.